The van der Waals surface area contributed by atoms with Crippen LogP contribution in [0.4, 0.5) is 0 Å². The predicted molar refractivity (Wildman–Crippen MR) is 52.3 cm³/mol. The summed E-state index contributed by atoms with van der Waals surface area (Å²) >= 11 is 0. The summed E-state index contributed by atoms with van der Waals surface area (Å²) in [4.78, 5) is 11.0. The second-order valence-corrected chi connectivity index (χ2v) is 3.95. The summed E-state index contributed by atoms with van der Waals surface area (Å²) in [5.41, 5.74) is 0.243. The summed E-state index contributed by atoms with van der Waals surface area (Å²) in [6.07, 6.45) is 8.55. The normalized spacial score (nSPS) is 20.8. The minimum Gasteiger partial charge on any atom is -0.463 e. The molecule has 0 aromatic heterocycles. The van der Waals surface area contributed by atoms with E-state index < -0.39 is 0 Å². The van der Waals surface area contributed by atoms with Gasteiger partial charge < -0.3 is 4.74 Å². The number of allylic oxidation sites excluding steroid dienone is 1. The van der Waals surface area contributed by atoms with Crippen LogP contribution in [0.5, 0.6) is 0 Å². The van der Waals surface area contributed by atoms with Crippen molar-refractivity contribution in [2.24, 2.45) is 5.41 Å². The van der Waals surface area contributed by atoms with Crippen LogP contribution in [0, 0.1) is 5.41 Å². The van der Waals surface area contributed by atoms with Gasteiger partial charge in [-0.1, -0.05) is 25.8 Å². The zero-order valence-corrected chi connectivity index (χ0v) is 8.51. The molecule has 1 saturated carbocycles. The van der Waals surface area contributed by atoms with Crippen molar-refractivity contribution in [3.8, 4) is 0 Å². The third-order valence-electron chi connectivity index (χ3n) is 2.65. The van der Waals surface area contributed by atoms with Gasteiger partial charge in [-0.25, -0.2) is 4.79 Å². The van der Waals surface area contributed by atoms with Crippen LogP contribution in [-0.2, 0) is 9.53 Å². The third kappa shape index (κ3) is 3.21. The summed E-state index contributed by atoms with van der Waals surface area (Å²) in [5, 5.41) is 0. The molecule has 74 valence electrons. The van der Waals surface area contributed by atoms with Crippen molar-refractivity contribution in [1.82, 2.24) is 0 Å². The molecule has 13 heavy (non-hydrogen) atoms. The summed E-state index contributed by atoms with van der Waals surface area (Å²) in [5.74, 6) is -0.212. The molecule has 0 aliphatic heterocycles. The van der Waals surface area contributed by atoms with Crippen molar-refractivity contribution in [2.75, 3.05) is 6.61 Å². The first-order valence-electron chi connectivity index (χ1n) is 5.02. The van der Waals surface area contributed by atoms with Crippen molar-refractivity contribution in [3.63, 3.8) is 0 Å². The smallest absolute Gasteiger partial charge is 0.330 e. The van der Waals surface area contributed by atoms with Crippen molar-refractivity contribution >= 4 is 5.97 Å². The van der Waals surface area contributed by atoms with Crippen LogP contribution in [0.2, 0.25) is 0 Å². The quantitative estimate of drug-likeness (QED) is 0.495. The molecule has 2 nitrogen and oxygen atoms in total. The Kier molecular flexibility index (Phi) is 3.52. The van der Waals surface area contributed by atoms with E-state index in [-0.39, 0.29) is 11.4 Å². The fourth-order valence-electron chi connectivity index (χ4n) is 1.81. The Balaban J connectivity index is 2.41. The van der Waals surface area contributed by atoms with Gasteiger partial charge in [0.15, 0.2) is 0 Å². The lowest BCUT2D eigenvalue weighted by Crippen LogP contribution is -2.08. The lowest BCUT2D eigenvalue weighted by molar-refractivity contribution is -0.137. The van der Waals surface area contributed by atoms with Gasteiger partial charge >= 0.3 is 5.97 Å². The summed E-state index contributed by atoms with van der Waals surface area (Å²) < 4.78 is 4.82. The second-order valence-electron chi connectivity index (χ2n) is 3.95. The molecule has 0 N–H and O–H groups in total. The Labute approximate surface area is 80.0 Å². The molecule has 0 unspecified atom stereocenters. The lowest BCUT2D eigenvalue weighted by Gasteiger charge is -2.17. The van der Waals surface area contributed by atoms with Gasteiger partial charge in [-0.05, 0) is 25.2 Å². The Bertz CT molecular complexity index is 200. The van der Waals surface area contributed by atoms with Gasteiger partial charge in [0, 0.05) is 6.08 Å². The molecule has 1 fully saturated rings. The molecule has 0 bridgehead atoms. The second kappa shape index (κ2) is 4.45. The fraction of sp³-hybridized carbons (Fsp3) is 0.727. The van der Waals surface area contributed by atoms with E-state index in [0.717, 1.165) is 0 Å². The summed E-state index contributed by atoms with van der Waals surface area (Å²) in [7, 11) is 0. The highest BCUT2D eigenvalue weighted by molar-refractivity contribution is 5.82. The highest BCUT2D eigenvalue weighted by atomic mass is 16.5. The van der Waals surface area contributed by atoms with Crippen LogP contribution in [0.15, 0.2) is 12.2 Å². The molecule has 1 aliphatic carbocycles. The number of ether oxygens (including phenoxy) is 1. The molecule has 0 spiro atoms. The van der Waals surface area contributed by atoms with E-state index in [4.69, 9.17) is 4.74 Å². The van der Waals surface area contributed by atoms with Crippen LogP contribution >= 0.6 is 0 Å². The molecule has 0 amide bonds. The predicted octanol–water partition coefficient (Wildman–Crippen LogP) is 2.69. The zero-order valence-electron chi connectivity index (χ0n) is 8.51. The van der Waals surface area contributed by atoms with Crippen molar-refractivity contribution in [1.29, 1.82) is 0 Å². The van der Waals surface area contributed by atoms with Crippen molar-refractivity contribution < 1.29 is 9.53 Å². The number of hydrogen-bond acceptors (Lipinski definition) is 2. The fourth-order valence-corrected chi connectivity index (χ4v) is 1.81. The van der Waals surface area contributed by atoms with Crippen LogP contribution in [-0.4, -0.2) is 12.6 Å². The van der Waals surface area contributed by atoms with Gasteiger partial charge in [-0.2, -0.15) is 0 Å². The Morgan fingerprint density at radius 2 is 2.08 bits per heavy atom. The Hall–Kier alpha value is -0.790. The van der Waals surface area contributed by atoms with Crippen molar-refractivity contribution in [2.45, 2.75) is 39.5 Å². The van der Waals surface area contributed by atoms with Gasteiger partial charge in [0.05, 0.1) is 6.61 Å². The summed E-state index contributed by atoms with van der Waals surface area (Å²) in [6, 6.07) is 0. The summed E-state index contributed by atoms with van der Waals surface area (Å²) in [6.45, 7) is 4.48. The average Bonchev–Trinajstić information content (AvgIpc) is 2.51. The molecule has 1 aliphatic rings. The molecular weight excluding hydrogens is 164 g/mol. The van der Waals surface area contributed by atoms with Crippen LogP contribution < -0.4 is 0 Å². The number of hydrogen-bond donors (Lipinski definition) is 0. The molecule has 0 radical (unpaired) electrons. The molecule has 0 aromatic rings. The van der Waals surface area contributed by atoms with Crippen LogP contribution in [0.25, 0.3) is 0 Å². The largest absolute Gasteiger partial charge is 0.463 e. The zero-order chi connectivity index (χ0) is 9.73. The molecular formula is C11H18O2. The van der Waals surface area contributed by atoms with E-state index in [1.54, 1.807) is 6.08 Å². The minimum atomic E-state index is -0.212. The molecule has 2 heteroatoms. The van der Waals surface area contributed by atoms with Gasteiger partial charge in [-0.3, -0.25) is 0 Å². The number of esters is 1. The SMILES string of the molecule is CCOC(=O)/C=C/C1(C)CCCC1. The molecule has 1 rings (SSSR count). The van der Waals surface area contributed by atoms with Crippen molar-refractivity contribution in [3.05, 3.63) is 12.2 Å². The first-order chi connectivity index (χ1) is 6.16. The lowest BCUT2D eigenvalue weighted by atomic mass is 9.88. The van der Waals surface area contributed by atoms with E-state index in [1.165, 1.54) is 25.7 Å². The first kappa shape index (κ1) is 10.3. The first-order valence-corrected chi connectivity index (χ1v) is 5.02. The Morgan fingerprint density at radius 3 is 2.62 bits per heavy atom. The standard InChI is InChI=1S/C11H18O2/c1-3-13-10(12)6-9-11(2)7-4-5-8-11/h6,9H,3-5,7-8H2,1-2H3/b9-6+. The monoisotopic (exact) mass is 182 g/mol. The topological polar surface area (TPSA) is 26.3 Å². The number of carbonyl (C=O) groups is 1. The molecule has 0 heterocycles. The van der Waals surface area contributed by atoms with Gasteiger partial charge in [0.1, 0.15) is 0 Å². The maximum absolute atomic E-state index is 11.0. The number of carbonyl (C=O) groups excluding carboxylic acids is 1. The highest BCUT2D eigenvalue weighted by Crippen LogP contribution is 2.38. The molecule has 0 saturated heterocycles. The minimum absolute atomic E-state index is 0.212. The van der Waals surface area contributed by atoms with E-state index in [1.807, 2.05) is 13.0 Å². The molecule has 0 atom stereocenters. The van der Waals surface area contributed by atoms with E-state index in [9.17, 15) is 4.79 Å². The van der Waals surface area contributed by atoms with E-state index in [2.05, 4.69) is 6.92 Å². The van der Waals surface area contributed by atoms with Gasteiger partial charge in [0.2, 0.25) is 0 Å². The maximum Gasteiger partial charge on any atom is 0.330 e. The average molecular weight is 182 g/mol. The van der Waals surface area contributed by atoms with Crippen LogP contribution in [0.3, 0.4) is 0 Å². The van der Waals surface area contributed by atoms with E-state index >= 15 is 0 Å². The van der Waals surface area contributed by atoms with Gasteiger partial charge in [-0.15, -0.1) is 0 Å². The van der Waals surface area contributed by atoms with Crippen LogP contribution in [0.1, 0.15) is 39.5 Å². The third-order valence-corrected chi connectivity index (χ3v) is 2.65. The maximum atomic E-state index is 11.0. The van der Waals surface area contributed by atoms with E-state index in [0.29, 0.717) is 6.61 Å². The number of rotatable bonds is 3. The highest BCUT2D eigenvalue weighted by Gasteiger charge is 2.25. The molecule has 0 aromatic carbocycles. The van der Waals surface area contributed by atoms with Gasteiger partial charge in [0.25, 0.3) is 0 Å². The Morgan fingerprint density at radius 1 is 1.46 bits per heavy atom.